The zero-order valence-electron chi connectivity index (χ0n) is 35.3. The third kappa shape index (κ3) is 7.20. The topological polar surface area (TPSA) is 43.6 Å². The number of nitrogens with zero attached hydrogens (tertiary/aromatic N) is 3. The molecule has 312 valence electrons. The number of benzene rings is 6. The first-order valence-corrected chi connectivity index (χ1v) is 23.5. The monoisotopic (exact) mass is 900 g/mol. The summed E-state index contributed by atoms with van der Waals surface area (Å²) in [5, 5.41) is 1.21. The third-order valence-corrected chi connectivity index (χ3v) is 15.5. The second kappa shape index (κ2) is 16.2. The van der Waals surface area contributed by atoms with Gasteiger partial charge in [0.1, 0.15) is 6.54 Å². The third-order valence-electron chi connectivity index (χ3n) is 12.7. The number of carbonyl (C=O) groups is 2. The fourth-order valence-corrected chi connectivity index (χ4v) is 12.2. The van der Waals surface area contributed by atoms with Gasteiger partial charge in [0.15, 0.2) is 5.71 Å². The number of anilines is 3. The van der Waals surface area contributed by atoms with E-state index in [4.69, 9.17) is 23.2 Å². The quantitative estimate of drug-likeness (QED) is 0.112. The highest BCUT2D eigenvalue weighted by Crippen LogP contribution is 2.52. The number of Topliss-reactive ketones (excluding diaryl/α,β-unsaturated/α-hetero) is 1. The van der Waals surface area contributed by atoms with Crippen molar-refractivity contribution in [3.8, 4) is 0 Å². The van der Waals surface area contributed by atoms with Crippen molar-refractivity contribution in [2.45, 2.75) is 64.0 Å². The minimum atomic E-state index is -0.436. The summed E-state index contributed by atoms with van der Waals surface area (Å²) in [6.45, 7) is 9.22. The summed E-state index contributed by atoms with van der Waals surface area (Å²) in [5.41, 5.74) is 9.35. The van der Waals surface area contributed by atoms with Crippen LogP contribution >= 0.6 is 46.7 Å². The van der Waals surface area contributed by atoms with Crippen molar-refractivity contribution >= 4 is 86.9 Å². The molecule has 4 aliphatic rings. The van der Waals surface area contributed by atoms with E-state index < -0.39 is 5.92 Å². The van der Waals surface area contributed by atoms with Crippen molar-refractivity contribution in [1.29, 1.82) is 0 Å². The molecule has 0 saturated heterocycles. The Labute approximate surface area is 387 Å². The highest BCUT2D eigenvalue weighted by molar-refractivity contribution is 8.00. The maximum Gasteiger partial charge on any atom is 0.251 e. The molecule has 4 aliphatic heterocycles. The number of hydrogen-bond donors (Lipinski definition) is 0. The molecule has 1 unspecified atom stereocenters. The number of amides is 1. The molecule has 0 fully saturated rings. The van der Waals surface area contributed by atoms with Gasteiger partial charge < -0.3 is 4.90 Å². The van der Waals surface area contributed by atoms with Gasteiger partial charge in [0.2, 0.25) is 18.0 Å². The number of rotatable bonds is 8. The molecule has 5 nitrogen and oxygen atoms in total. The standard InChI is InChI=1S/C54H44Cl2N3O2S2/c1-53(2)38-17-9-11-19-40(38)57(32-44(60)52-36-16-8-14-22-45(36)62-46-28-26-34(55)30-37(46)52)49(53)24-6-5-7-25-50-54(3,4)39-18-10-12-20-41(39)58(50)33-51(61)59-42-21-13-15-23-47(42)63-48-29-27-35(56)31-43(48)59/h5-31,52H,32-33H2,1-4H3/q+1. The number of allylic oxidation sites excluding steroid dienone is 6. The normalized spacial score (nSPS) is 18.3. The van der Waals surface area contributed by atoms with E-state index in [9.17, 15) is 9.59 Å². The van der Waals surface area contributed by atoms with Crippen LogP contribution in [0.25, 0.3) is 0 Å². The predicted octanol–water partition coefficient (Wildman–Crippen LogP) is 13.9. The SMILES string of the molecule is CC1(C)C(=CC=CC=CC2=[N+](CC(=O)C3c4ccccc4Sc4ccc(Cl)cc43)c3ccccc3C2(C)C)N(CC(=O)N2c3ccccc3Sc3ccc(Cl)cc32)c2ccccc21. The molecule has 0 spiro atoms. The van der Waals surface area contributed by atoms with Crippen LogP contribution in [0.15, 0.2) is 189 Å². The van der Waals surface area contributed by atoms with E-state index in [1.54, 1.807) is 23.5 Å². The molecule has 6 aromatic carbocycles. The smallest absolute Gasteiger partial charge is 0.251 e. The lowest BCUT2D eigenvalue weighted by atomic mass is 9.81. The van der Waals surface area contributed by atoms with E-state index in [0.717, 1.165) is 70.4 Å². The first-order valence-electron chi connectivity index (χ1n) is 21.1. The lowest BCUT2D eigenvalue weighted by molar-refractivity contribution is -0.425. The van der Waals surface area contributed by atoms with Crippen LogP contribution in [0.3, 0.4) is 0 Å². The Morgan fingerprint density at radius 1 is 0.635 bits per heavy atom. The van der Waals surface area contributed by atoms with Crippen LogP contribution in [0.1, 0.15) is 55.9 Å². The number of hydrogen-bond acceptors (Lipinski definition) is 5. The number of ketones is 1. The minimum Gasteiger partial charge on any atom is -0.335 e. The lowest BCUT2D eigenvalue weighted by Crippen LogP contribution is -2.39. The summed E-state index contributed by atoms with van der Waals surface area (Å²) in [5.74, 6) is -0.376. The second-order valence-corrected chi connectivity index (χ2v) is 20.3. The van der Waals surface area contributed by atoms with E-state index in [-0.39, 0.29) is 35.6 Å². The lowest BCUT2D eigenvalue weighted by Gasteiger charge is -2.33. The average molecular weight is 902 g/mol. The Hall–Kier alpha value is -5.57. The molecule has 10 rings (SSSR count). The van der Waals surface area contributed by atoms with Crippen molar-refractivity contribution in [2.24, 2.45) is 0 Å². The van der Waals surface area contributed by atoms with Crippen LogP contribution in [0.2, 0.25) is 10.0 Å². The van der Waals surface area contributed by atoms with Crippen molar-refractivity contribution in [2.75, 3.05) is 22.9 Å². The van der Waals surface area contributed by atoms with Crippen LogP contribution < -0.4 is 9.80 Å². The summed E-state index contributed by atoms with van der Waals surface area (Å²) in [7, 11) is 0. The maximum atomic E-state index is 14.8. The molecular weight excluding hydrogens is 858 g/mol. The maximum absolute atomic E-state index is 14.8. The van der Waals surface area contributed by atoms with Gasteiger partial charge in [-0.05, 0) is 97.3 Å². The summed E-state index contributed by atoms with van der Waals surface area (Å²) in [6, 6.07) is 44.6. The summed E-state index contributed by atoms with van der Waals surface area (Å²) in [6.07, 6.45) is 10.4. The van der Waals surface area contributed by atoms with Crippen LogP contribution in [-0.4, -0.2) is 35.1 Å². The fourth-order valence-electron chi connectivity index (χ4n) is 9.71. The molecule has 0 bridgehead atoms. The predicted molar refractivity (Wildman–Crippen MR) is 260 cm³/mol. The van der Waals surface area contributed by atoms with Crippen molar-refractivity contribution < 1.29 is 14.2 Å². The Morgan fingerprint density at radius 3 is 2.06 bits per heavy atom. The molecule has 0 N–H and O–H groups in total. The van der Waals surface area contributed by atoms with Gasteiger partial charge in [-0.25, -0.2) is 0 Å². The van der Waals surface area contributed by atoms with E-state index in [1.807, 2.05) is 89.8 Å². The summed E-state index contributed by atoms with van der Waals surface area (Å²) in [4.78, 5) is 37.7. The van der Waals surface area contributed by atoms with Gasteiger partial charge in [-0.15, -0.1) is 0 Å². The zero-order valence-corrected chi connectivity index (χ0v) is 38.5. The Bertz CT molecular complexity index is 3020. The first-order chi connectivity index (χ1) is 30.4. The van der Waals surface area contributed by atoms with Crippen molar-refractivity contribution in [3.05, 3.63) is 202 Å². The van der Waals surface area contributed by atoms with E-state index in [0.29, 0.717) is 10.0 Å². The van der Waals surface area contributed by atoms with E-state index in [2.05, 4.69) is 116 Å². The molecule has 0 aliphatic carbocycles. The Morgan fingerprint density at radius 2 is 1.25 bits per heavy atom. The molecule has 0 radical (unpaired) electrons. The summed E-state index contributed by atoms with van der Waals surface area (Å²) < 4.78 is 2.20. The van der Waals surface area contributed by atoms with Gasteiger partial charge >= 0.3 is 0 Å². The molecule has 6 aromatic rings. The molecular formula is C54H44Cl2N3O2S2+. The van der Waals surface area contributed by atoms with Gasteiger partial charge in [0, 0.05) is 64.1 Å². The molecule has 9 heteroatoms. The number of para-hydroxylation sites is 3. The molecule has 1 amide bonds. The number of halogens is 2. The summed E-state index contributed by atoms with van der Waals surface area (Å²) >= 11 is 16.4. The van der Waals surface area contributed by atoms with Crippen molar-refractivity contribution in [1.82, 2.24) is 0 Å². The highest BCUT2D eigenvalue weighted by Gasteiger charge is 2.46. The Kier molecular flexibility index (Phi) is 10.7. The molecule has 63 heavy (non-hydrogen) atoms. The van der Waals surface area contributed by atoms with E-state index >= 15 is 0 Å². The van der Waals surface area contributed by atoms with Crippen molar-refractivity contribution in [3.63, 3.8) is 0 Å². The second-order valence-electron chi connectivity index (χ2n) is 17.3. The molecule has 4 heterocycles. The van der Waals surface area contributed by atoms with Gasteiger partial charge in [-0.2, -0.15) is 4.58 Å². The largest absolute Gasteiger partial charge is 0.335 e. The highest BCUT2D eigenvalue weighted by atomic mass is 35.5. The number of fused-ring (bicyclic) bond motifs is 6. The van der Waals surface area contributed by atoms with Gasteiger partial charge in [0.25, 0.3) is 5.91 Å². The molecule has 0 saturated carbocycles. The van der Waals surface area contributed by atoms with Crippen LogP contribution in [-0.2, 0) is 20.4 Å². The van der Waals surface area contributed by atoms with Crippen LogP contribution in [0.5, 0.6) is 0 Å². The van der Waals surface area contributed by atoms with Crippen LogP contribution in [0.4, 0.5) is 22.7 Å². The minimum absolute atomic E-state index is 0.0512. The van der Waals surface area contributed by atoms with Gasteiger partial charge in [-0.1, -0.05) is 146 Å². The number of carbonyl (C=O) groups excluding carboxylic acids is 2. The van der Waals surface area contributed by atoms with Gasteiger partial charge in [-0.3, -0.25) is 14.5 Å². The van der Waals surface area contributed by atoms with E-state index in [1.165, 1.54) is 5.56 Å². The van der Waals surface area contributed by atoms with Gasteiger partial charge in [0.05, 0.1) is 22.7 Å². The molecule has 0 aromatic heterocycles. The van der Waals surface area contributed by atoms with Crippen LogP contribution in [0, 0.1) is 0 Å². The average Bonchev–Trinajstić information content (AvgIpc) is 3.62. The molecule has 1 atom stereocenters. The zero-order chi connectivity index (χ0) is 43.6. The Balaban J connectivity index is 0.976. The fraction of sp³-hybridized carbons (Fsp3) is 0.167. The first kappa shape index (κ1) is 41.4.